The SMILES string of the molecule is CCNC(=NCC(C)(C)NC(=O)OC(C)(C)C)NCCc1nc(C)no1.I. The van der Waals surface area contributed by atoms with Crippen LogP contribution >= 0.6 is 24.0 Å². The highest BCUT2D eigenvalue weighted by molar-refractivity contribution is 14.0. The van der Waals surface area contributed by atoms with E-state index in [1.807, 2.05) is 41.5 Å². The second-order valence-corrected chi connectivity index (χ2v) is 7.62. The van der Waals surface area contributed by atoms with Crippen molar-refractivity contribution in [3.05, 3.63) is 11.7 Å². The van der Waals surface area contributed by atoms with E-state index in [4.69, 9.17) is 9.26 Å². The average molecular weight is 496 g/mol. The van der Waals surface area contributed by atoms with Crippen LogP contribution in [0.3, 0.4) is 0 Å². The predicted octanol–water partition coefficient (Wildman–Crippen LogP) is 2.40. The van der Waals surface area contributed by atoms with Crippen molar-refractivity contribution in [2.45, 2.75) is 66.0 Å². The Hall–Kier alpha value is -1.59. The summed E-state index contributed by atoms with van der Waals surface area (Å²) in [4.78, 5) is 20.6. The van der Waals surface area contributed by atoms with Gasteiger partial charge in [-0.2, -0.15) is 4.98 Å². The molecule has 1 rings (SSSR count). The van der Waals surface area contributed by atoms with E-state index in [9.17, 15) is 4.79 Å². The normalized spacial score (nSPS) is 12.2. The standard InChI is InChI=1S/C17H32N6O3.HI/c1-8-18-14(19-10-9-13-21-12(2)23-26-13)20-11-17(6,7)22-15(24)25-16(3,4)5;/h8-11H2,1-7H3,(H,22,24)(H2,18,19,20);1H. The van der Waals surface area contributed by atoms with Crippen molar-refractivity contribution < 1.29 is 14.1 Å². The summed E-state index contributed by atoms with van der Waals surface area (Å²) in [7, 11) is 0. The van der Waals surface area contributed by atoms with Gasteiger partial charge >= 0.3 is 6.09 Å². The van der Waals surface area contributed by atoms with Crippen LogP contribution in [0.1, 0.15) is 53.3 Å². The molecule has 0 aromatic carbocycles. The van der Waals surface area contributed by atoms with Crippen molar-refractivity contribution >= 4 is 36.0 Å². The summed E-state index contributed by atoms with van der Waals surface area (Å²) in [6, 6.07) is 0. The fourth-order valence-corrected chi connectivity index (χ4v) is 1.97. The molecule has 0 radical (unpaired) electrons. The van der Waals surface area contributed by atoms with Crippen LogP contribution in [0.2, 0.25) is 0 Å². The predicted molar refractivity (Wildman–Crippen MR) is 116 cm³/mol. The lowest BCUT2D eigenvalue weighted by molar-refractivity contribution is 0.0476. The molecular formula is C17H33IN6O3. The third-order valence-corrected chi connectivity index (χ3v) is 3.02. The minimum atomic E-state index is -0.547. The van der Waals surface area contributed by atoms with Gasteiger partial charge in [0.25, 0.3) is 0 Å². The molecule has 0 unspecified atom stereocenters. The van der Waals surface area contributed by atoms with Crippen LogP contribution in [0.5, 0.6) is 0 Å². The molecule has 10 heteroatoms. The van der Waals surface area contributed by atoms with Crippen molar-refractivity contribution in [2.24, 2.45) is 4.99 Å². The fraction of sp³-hybridized carbons (Fsp3) is 0.765. The Balaban J connectivity index is 0.00000676. The van der Waals surface area contributed by atoms with Gasteiger partial charge in [0.2, 0.25) is 5.89 Å². The van der Waals surface area contributed by atoms with Gasteiger partial charge in [-0.1, -0.05) is 5.16 Å². The third kappa shape index (κ3) is 11.7. The van der Waals surface area contributed by atoms with Crippen molar-refractivity contribution in [1.82, 2.24) is 26.1 Å². The van der Waals surface area contributed by atoms with Gasteiger partial charge < -0.3 is 25.2 Å². The van der Waals surface area contributed by atoms with E-state index in [0.717, 1.165) is 6.54 Å². The maximum absolute atomic E-state index is 11.9. The molecule has 0 aliphatic heterocycles. The lowest BCUT2D eigenvalue weighted by atomic mass is 10.1. The number of ether oxygens (including phenoxy) is 1. The first-order valence-electron chi connectivity index (χ1n) is 8.83. The summed E-state index contributed by atoms with van der Waals surface area (Å²) < 4.78 is 10.4. The topological polar surface area (TPSA) is 114 Å². The number of amides is 1. The molecule has 1 aromatic heterocycles. The number of nitrogens with zero attached hydrogens (tertiary/aromatic N) is 3. The average Bonchev–Trinajstić information content (AvgIpc) is 2.87. The van der Waals surface area contributed by atoms with Crippen LogP contribution in [0.4, 0.5) is 4.79 Å². The van der Waals surface area contributed by atoms with Gasteiger partial charge in [-0.25, -0.2) is 4.79 Å². The van der Waals surface area contributed by atoms with E-state index in [-0.39, 0.29) is 24.0 Å². The summed E-state index contributed by atoms with van der Waals surface area (Å²) >= 11 is 0. The number of alkyl carbamates (subject to hydrolysis) is 1. The van der Waals surface area contributed by atoms with Gasteiger partial charge in [0.05, 0.1) is 12.1 Å². The van der Waals surface area contributed by atoms with Gasteiger partial charge in [0.15, 0.2) is 11.8 Å². The van der Waals surface area contributed by atoms with Crippen molar-refractivity contribution in [3.63, 3.8) is 0 Å². The van der Waals surface area contributed by atoms with Crippen LogP contribution < -0.4 is 16.0 Å². The monoisotopic (exact) mass is 496 g/mol. The van der Waals surface area contributed by atoms with Crippen LogP contribution in [-0.4, -0.2) is 53.0 Å². The molecule has 1 heterocycles. The Morgan fingerprint density at radius 3 is 2.41 bits per heavy atom. The van der Waals surface area contributed by atoms with Gasteiger partial charge in [-0.3, -0.25) is 4.99 Å². The molecule has 27 heavy (non-hydrogen) atoms. The molecule has 0 fully saturated rings. The number of halogens is 1. The number of carbonyl (C=O) groups is 1. The smallest absolute Gasteiger partial charge is 0.408 e. The Labute approximate surface area is 178 Å². The minimum absolute atomic E-state index is 0. The highest BCUT2D eigenvalue weighted by Gasteiger charge is 2.24. The molecule has 156 valence electrons. The van der Waals surface area contributed by atoms with E-state index < -0.39 is 17.2 Å². The number of nitrogens with one attached hydrogen (secondary N) is 3. The zero-order chi connectivity index (χ0) is 19.8. The van der Waals surface area contributed by atoms with E-state index >= 15 is 0 Å². The van der Waals surface area contributed by atoms with Crippen LogP contribution in [-0.2, 0) is 11.2 Å². The summed E-state index contributed by atoms with van der Waals surface area (Å²) in [5.74, 6) is 1.86. The lowest BCUT2D eigenvalue weighted by Gasteiger charge is -2.27. The first-order chi connectivity index (χ1) is 12.0. The first kappa shape index (κ1) is 25.4. The highest BCUT2D eigenvalue weighted by Crippen LogP contribution is 2.09. The highest BCUT2D eigenvalue weighted by atomic mass is 127. The molecule has 0 atom stereocenters. The van der Waals surface area contributed by atoms with E-state index in [0.29, 0.717) is 37.2 Å². The van der Waals surface area contributed by atoms with Gasteiger partial charge in [-0.15, -0.1) is 24.0 Å². The van der Waals surface area contributed by atoms with E-state index in [1.165, 1.54) is 0 Å². The second kappa shape index (κ2) is 11.3. The van der Waals surface area contributed by atoms with Gasteiger partial charge in [-0.05, 0) is 48.5 Å². The molecule has 3 N–H and O–H groups in total. The van der Waals surface area contributed by atoms with E-state index in [2.05, 4.69) is 31.1 Å². The molecule has 0 aliphatic carbocycles. The first-order valence-corrected chi connectivity index (χ1v) is 8.83. The maximum Gasteiger partial charge on any atom is 0.408 e. The Kier molecular flexibility index (Phi) is 10.6. The third-order valence-electron chi connectivity index (χ3n) is 3.02. The quantitative estimate of drug-likeness (QED) is 0.302. The molecule has 0 spiro atoms. The number of rotatable bonds is 7. The number of hydrogen-bond acceptors (Lipinski definition) is 6. The minimum Gasteiger partial charge on any atom is -0.444 e. The molecule has 1 aromatic rings. The van der Waals surface area contributed by atoms with E-state index in [1.54, 1.807) is 6.92 Å². The van der Waals surface area contributed by atoms with Gasteiger partial charge in [0.1, 0.15) is 5.60 Å². The molecule has 9 nitrogen and oxygen atoms in total. The molecule has 0 bridgehead atoms. The largest absolute Gasteiger partial charge is 0.444 e. The molecule has 0 saturated heterocycles. The molecular weight excluding hydrogens is 463 g/mol. The van der Waals surface area contributed by atoms with Crippen molar-refractivity contribution in [3.8, 4) is 0 Å². The lowest BCUT2D eigenvalue weighted by Crippen LogP contribution is -2.49. The van der Waals surface area contributed by atoms with Crippen LogP contribution in [0, 0.1) is 6.92 Å². The zero-order valence-electron chi connectivity index (χ0n) is 17.3. The Morgan fingerprint density at radius 2 is 1.89 bits per heavy atom. The molecule has 0 aliphatic rings. The molecule has 1 amide bonds. The number of aromatic nitrogens is 2. The van der Waals surface area contributed by atoms with Crippen LogP contribution in [0.25, 0.3) is 0 Å². The van der Waals surface area contributed by atoms with Crippen molar-refractivity contribution in [2.75, 3.05) is 19.6 Å². The second-order valence-electron chi connectivity index (χ2n) is 7.62. The van der Waals surface area contributed by atoms with Crippen LogP contribution in [0.15, 0.2) is 9.52 Å². The Morgan fingerprint density at radius 1 is 1.22 bits per heavy atom. The number of guanidine groups is 1. The summed E-state index contributed by atoms with van der Waals surface area (Å²) in [6.07, 6.45) is 0.146. The fourth-order valence-electron chi connectivity index (χ4n) is 1.97. The molecule has 0 saturated carbocycles. The Bertz CT molecular complexity index is 610. The van der Waals surface area contributed by atoms with Gasteiger partial charge in [0, 0.05) is 19.5 Å². The number of aryl methyl sites for hydroxylation is 1. The summed E-state index contributed by atoms with van der Waals surface area (Å²) in [6.45, 7) is 14.8. The summed E-state index contributed by atoms with van der Waals surface area (Å²) in [5, 5.41) is 13.0. The maximum atomic E-state index is 11.9. The summed E-state index contributed by atoms with van der Waals surface area (Å²) in [5.41, 5.74) is -1.08. The van der Waals surface area contributed by atoms with Crippen molar-refractivity contribution in [1.29, 1.82) is 0 Å². The number of hydrogen-bond donors (Lipinski definition) is 3. The number of aliphatic imine (C=N–C) groups is 1. The zero-order valence-corrected chi connectivity index (χ0v) is 19.6. The number of carbonyl (C=O) groups excluding carboxylic acids is 1.